The maximum atomic E-state index is 12.5. The molecule has 0 bridgehead atoms. The van der Waals surface area contributed by atoms with E-state index in [1.54, 1.807) is 6.92 Å². The summed E-state index contributed by atoms with van der Waals surface area (Å²) in [7, 11) is 0. The Labute approximate surface area is 113 Å². The molecule has 0 aromatic carbocycles. The molecule has 19 heavy (non-hydrogen) atoms. The fourth-order valence-electron chi connectivity index (χ4n) is 3.54. The van der Waals surface area contributed by atoms with Crippen molar-refractivity contribution in [3.63, 3.8) is 0 Å². The van der Waals surface area contributed by atoms with Crippen molar-refractivity contribution in [3.8, 4) is 0 Å². The minimum absolute atomic E-state index is 0.0506. The van der Waals surface area contributed by atoms with Crippen LogP contribution in [0.25, 0.3) is 0 Å². The van der Waals surface area contributed by atoms with Crippen LogP contribution >= 0.6 is 0 Å². The lowest BCUT2D eigenvalue weighted by Crippen LogP contribution is -2.80. The Hall–Kier alpha value is -1.14. The lowest BCUT2D eigenvalue weighted by Gasteiger charge is -2.60. The smallest absolute Gasteiger partial charge is 0.241 e. The molecule has 0 radical (unpaired) electrons. The minimum Gasteiger partial charge on any atom is -0.377 e. The maximum Gasteiger partial charge on any atom is 0.241 e. The largest absolute Gasteiger partial charge is 0.377 e. The topological polar surface area (TPSA) is 107 Å². The third-order valence-corrected chi connectivity index (χ3v) is 4.71. The second kappa shape index (κ2) is 4.45. The maximum absolute atomic E-state index is 12.5. The van der Waals surface area contributed by atoms with Gasteiger partial charge >= 0.3 is 0 Å². The Bertz CT molecular complexity index is 410. The van der Waals surface area contributed by atoms with Crippen molar-refractivity contribution in [2.24, 2.45) is 22.8 Å². The Balaban J connectivity index is 2.08. The van der Waals surface area contributed by atoms with E-state index >= 15 is 0 Å². The highest BCUT2D eigenvalue weighted by Crippen LogP contribution is 2.58. The number of nitrogens with two attached hydrogens (primary N) is 2. The van der Waals surface area contributed by atoms with E-state index in [1.165, 1.54) is 0 Å². The van der Waals surface area contributed by atoms with Gasteiger partial charge in [0.15, 0.2) is 0 Å². The first-order valence-corrected chi connectivity index (χ1v) is 6.71. The fraction of sp³-hybridized carbons (Fsp3) is 0.846. The molecule has 2 fully saturated rings. The molecule has 6 heteroatoms. The molecule has 1 aliphatic carbocycles. The van der Waals surface area contributed by atoms with Gasteiger partial charge in [0.05, 0.1) is 6.10 Å². The number of amides is 2. The molecule has 1 saturated carbocycles. The van der Waals surface area contributed by atoms with Gasteiger partial charge in [0.1, 0.15) is 5.54 Å². The monoisotopic (exact) mass is 269 g/mol. The van der Waals surface area contributed by atoms with Gasteiger partial charge in [-0.1, -0.05) is 13.8 Å². The van der Waals surface area contributed by atoms with Crippen LogP contribution in [0.15, 0.2) is 0 Å². The van der Waals surface area contributed by atoms with Crippen LogP contribution in [0.2, 0.25) is 0 Å². The number of ether oxygens (including phenoxy) is 1. The van der Waals surface area contributed by atoms with Gasteiger partial charge in [-0.15, -0.1) is 0 Å². The van der Waals surface area contributed by atoms with Gasteiger partial charge in [-0.25, -0.2) is 0 Å². The van der Waals surface area contributed by atoms with Crippen LogP contribution in [0.1, 0.15) is 33.6 Å². The average Bonchev–Trinajstić information content (AvgIpc) is 2.73. The van der Waals surface area contributed by atoms with E-state index in [1.807, 2.05) is 13.8 Å². The highest BCUT2D eigenvalue weighted by molar-refractivity contribution is 5.90. The molecule has 1 heterocycles. The fourth-order valence-corrected chi connectivity index (χ4v) is 3.54. The summed E-state index contributed by atoms with van der Waals surface area (Å²) in [6.07, 6.45) is 0.976. The standard InChI is InChI=1S/C13H23N3O3/c1-7(6-9(14)17)16-11(18)13(15)8-4-5-19-10(8)12(13,2)3/h7-8,10H,4-6,15H2,1-3H3,(H2,14,17)(H,16,18). The van der Waals surface area contributed by atoms with Gasteiger partial charge in [0.2, 0.25) is 11.8 Å². The summed E-state index contributed by atoms with van der Waals surface area (Å²) >= 11 is 0. The Morgan fingerprint density at radius 3 is 2.68 bits per heavy atom. The highest BCUT2D eigenvalue weighted by Gasteiger charge is 2.71. The van der Waals surface area contributed by atoms with Gasteiger partial charge in [0, 0.05) is 30.4 Å². The minimum atomic E-state index is -0.930. The summed E-state index contributed by atoms with van der Waals surface area (Å²) in [5, 5.41) is 2.80. The Morgan fingerprint density at radius 1 is 1.47 bits per heavy atom. The van der Waals surface area contributed by atoms with E-state index in [2.05, 4.69) is 5.32 Å². The number of fused-ring (bicyclic) bond motifs is 1. The molecule has 1 aliphatic heterocycles. The van der Waals surface area contributed by atoms with Crippen molar-refractivity contribution in [3.05, 3.63) is 0 Å². The van der Waals surface area contributed by atoms with Crippen LogP contribution in [0.3, 0.4) is 0 Å². The molecule has 4 atom stereocenters. The summed E-state index contributed by atoms with van der Waals surface area (Å²) in [6.45, 7) is 6.32. The first kappa shape index (κ1) is 14.3. The van der Waals surface area contributed by atoms with Crippen LogP contribution in [0.5, 0.6) is 0 Å². The van der Waals surface area contributed by atoms with Crippen LogP contribution < -0.4 is 16.8 Å². The van der Waals surface area contributed by atoms with E-state index in [9.17, 15) is 9.59 Å². The number of nitrogens with one attached hydrogen (secondary N) is 1. The number of hydrogen-bond donors (Lipinski definition) is 3. The van der Waals surface area contributed by atoms with Crippen molar-refractivity contribution in [1.82, 2.24) is 5.32 Å². The van der Waals surface area contributed by atoms with Crippen LogP contribution in [0.4, 0.5) is 0 Å². The van der Waals surface area contributed by atoms with E-state index in [-0.39, 0.29) is 30.4 Å². The molecule has 108 valence electrons. The van der Waals surface area contributed by atoms with E-state index in [4.69, 9.17) is 16.2 Å². The second-order valence-electron chi connectivity index (χ2n) is 6.32. The summed E-state index contributed by atoms with van der Waals surface area (Å²) in [5.41, 5.74) is 10.2. The zero-order valence-corrected chi connectivity index (χ0v) is 11.7. The van der Waals surface area contributed by atoms with Crippen molar-refractivity contribution < 1.29 is 14.3 Å². The molecule has 5 N–H and O–H groups in total. The molecular weight excluding hydrogens is 246 g/mol. The molecule has 0 spiro atoms. The third-order valence-electron chi connectivity index (χ3n) is 4.71. The number of carbonyl (C=O) groups is 2. The molecule has 0 aromatic heterocycles. The van der Waals surface area contributed by atoms with Crippen LogP contribution in [-0.2, 0) is 14.3 Å². The zero-order valence-electron chi connectivity index (χ0n) is 11.7. The molecule has 4 unspecified atom stereocenters. The Morgan fingerprint density at radius 2 is 2.11 bits per heavy atom. The Kier molecular flexibility index (Phi) is 3.35. The average molecular weight is 269 g/mol. The van der Waals surface area contributed by atoms with Crippen molar-refractivity contribution >= 4 is 11.8 Å². The SMILES string of the molecule is CC(CC(N)=O)NC(=O)C1(N)C2CCOC2C1(C)C. The number of rotatable bonds is 4. The quantitative estimate of drug-likeness (QED) is 0.640. The first-order valence-electron chi connectivity index (χ1n) is 6.71. The lowest BCUT2D eigenvalue weighted by atomic mass is 9.48. The first-order chi connectivity index (χ1) is 8.71. The molecule has 2 amide bonds. The summed E-state index contributed by atoms with van der Waals surface area (Å²) in [4.78, 5) is 23.3. The molecule has 2 rings (SSSR count). The van der Waals surface area contributed by atoms with Gasteiger partial charge in [-0.2, -0.15) is 0 Å². The zero-order chi connectivity index (χ0) is 14.4. The summed E-state index contributed by atoms with van der Waals surface area (Å²) in [5.74, 6) is -0.588. The predicted molar refractivity (Wildman–Crippen MR) is 70.0 cm³/mol. The van der Waals surface area contributed by atoms with E-state index in [0.29, 0.717) is 6.61 Å². The molecule has 0 aromatic rings. The molecule has 1 saturated heterocycles. The normalized spacial score (nSPS) is 37.1. The number of hydrogen-bond acceptors (Lipinski definition) is 4. The van der Waals surface area contributed by atoms with Gasteiger partial charge in [-0.3, -0.25) is 9.59 Å². The lowest BCUT2D eigenvalue weighted by molar-refractivity contribution is -0.175. The number of primary amides is 1. The van der Waals surface area contributed by atoms with E-state index < -0.39 is 16.9 Å². The van der Waals surface area contributed by atoms with Crippen molar-refractivity contribution in [2.75, 3.05) is 6.61 Å². The highest BCUT2D eigenvalue weighted by atomic mass is 16.5. The summed E-state index contributed by atoms with van der Waals surface area (Å²) in [6, 6.07) is -0.303. The summed E-state index contributed by atoms with van der Waals surface area (Å²) < 4.78 is 5.65. The van der Waals surface area contributed by atoms with Gasteiger partial charge in [0.25, 0.3) is 0 Å². The van der Waals surface area contributed by atoms with E-state index in [0.717, 1.165) is 6.42 Å². The third kappa shape index (κ3) is 1.94. The molecular formula is C13H23N3O3. The second-order valence-corrected chi connectivity index (χ2v) is 6.32. The van der Waals surface area contributed by atoms with Crippen molar-refractivity contribution in [2.45, 2.75) is 51.3 Å². The van der Waals surface area contributed by atoms with Crippen LogP contribution in [-0.4, -0.2) is 36.1 Å². The van der Waals surface area contributed by atoms with Gasteiger partial charge in [-0.05, 0) is 13.3 Å². The van der Waals surface area contributed by atoms with Gasteiger partial charge < -0.3 is 21.5 Å². The molecule has 6 nitrogen and oxygen atoms in total. The molecule has 2 aliphatic rings. The van der Waals surface area contributed by atoms with Crippen molar-refractivity contribution in [1.29, 1.82) is 0 Å². The predicted octanol–water partition coefficient (Wildman–Crippen LogP) is -0.491. The number of carbonyl (C=O) groups excluding carboxylic acids is 2. The van der Waals surface area contributed by atoms with Crippen LogP contribution in [0, 0.1) is 11.3 Å².